The van der Waals surface area contributed by atoms with Gasteiger partial charge in [-0.1, -0.05) is 28.5 Å². The van der Waals surface area contributed by atoms with Crippen LogP contribution in [0.15, 0.2) is 28.9 Å². The van der Waals surface area contributed by atoms with Crippen molar-refractivity contribution in [3.63, 3.8) is 0 Å². The number of aromatic nitrogens is 2. The van der Waals surface area contributed by atoms with E-state index >= 15 is 0 Å². The third-order valence-electron chi connectivity index (χ3n) is 4.34. The van der Waals surface area contributed by atoms with Gasteiger partial charge in [0.25, 0.3) is 0 Å². The molecule has 0 saturated carbocycles. The number of hydrogen-bond donors (Lipinski definition) is 1. The Balaban J connectivity index is 1.61. The highest BCUT2D eigenvalue weighted by molar-refractivity contribution is 5.83. The van der Waals surface area contributed by atoms with Crippen molar-refractivity contribution in [2.75, 3.05) is 6.54 Å². The Morgan fingerprint density at radius 2 is 2.07 bits per heavy atom. The van der Waals surface area contributed by atoms with Crippen molar-refractivity contribution in [1.29, 1.82) is 0 Å². The Labute approximate surface area is 152 Å². The molecule has 144 valence electrons. The van der Waals surface area contributed by atoms with E-state index in [0.29, 0.717) is 11.4 Å². The molecule has 1 aliphatic rings. The normalized spacial score (nSPS) is 17.4. The van der Waals surface area contributed by atoms with Gasteiger partial charge in [-0.15, -0.1) is 0 Å². The number of alkyl halides is 3. The largest absolute Gasteiger partial charge is 0.416 e. The molecule has 2 amide bonds. The van der Waals surface area contributed by atoms with Crippen LogP contribution in [0.25, 0.3) is 0 Å². The molecule has 1 aromatic carbocycles. The maximum Gasteiger partial charge on any atom is 0.416 e. The number of carbonyl (C=O) groups excluding carboxylic acids is 2. The first kappa shape index (κ1) is 18.9. The van der Waals surface area contributed by atoms with Crippen LogP contribution in [0.4, 0.5) is 13.2 Å². The lowest BCUT2D eigenvalue weighted by Crippen LogP contribution is -2.38. The first-order valence-corrected chi connectivity index (χ1v) is 8.24. The Kier molecular flexibility index (Phi) is 5.15. The molecule has 3 rings (SSSR count). The second-order valence-corrected chi connectivity index (χ2v) is 6.37. The lowest BCUT2D eigenvalue weighted by molar-refractivity contribution is -0.139. The molecule has 0 aliphatic carbocycles. The number of nitrogens with zero attached hydrogens (tertiary/aromatic N) is 3. The highest BCUT2D eigenvalue weighted by atomic mass is 19.4. The summed E-state index contributed by atoms with van der Waals surface area (Å²) in [4.78, 5) is 25.6. The predicted molar refractivity (Wildman–Crippen MR) is 86.1 cm³/mol. The van der Waals surface area contributed by atoms with Crippen LogP contribution in [0.2, 0.25) is 0 Å². The number of hydrogen-bond acceptors (Lipinski definition) is 5. The number of rotatable bonds is 5. The number of amides is 2. The molecule has 1 saturated heterocycles. The molecule has 7 nitrogen and oxygen atoms in total. The highest BCUT2D eigenvalue weighted by Crippen LogP contribution is 2.32. The van der Waals surface area contributed by atoms with Gasteiger partial charge in [0.1, 0.15) is 11.4 Å². The average molecular weight is 382 g/mol. The van der Waals surface area contributed by atoms with Gasteiger partial charge in [0.05, 0.1) is 18.0 Å². The summed E-state index contributed by atoms with van der Waals surface area (Å²) in [5.41, 5.74) is 0.153. The number of benzene rings is 1. The van der Waals surface area contributed by atoms with Crippen molar-refractivity contribution >= 4 is 11.8 Å². The molecule has 0 spiro atoms. The number of nitrogens with one attached hydrogen (secondary N) is 1. The van der Waals surface area contributed by atoms with Gasteiger partial charge < -0.3 is 10.2 Å². The molecular formula is C17H17F3N4O3. The van der Waals surface area contributed by atoms with Gasteiger partial charge in [0.2, 0.25) is 11.8 Å². The van der Waals surface area contributed by atoms with E-state index in [9.17, 15) is 22.8 Å². The fraction of sp³-hybridized carbons (Fsp3) is 0.412. The van der Waals surface area contributed by atoms with Crippen LogP contribution < -0.4 is 5.32 Å². The molecular weight excluding hydrogens is 365 g/mol. The van der Waals surface area contributed by atoms with Crippen LogP contribution in [-0.4, -0.2) is 39.6 Å². The van der Waals surface area contributed by atoms with E-state index in [1.807, 2.05) is 0 Å². The number of aryl methyl sites for hydroxylation is 1. The first-order chi connectivity index (χ1) is 12.7. The number of likely N-dealkylation sites (tertiary alicyclic amines) is 1. The van der Waals surface area contributed by atoms with Crippen LogP contribution in [0.5, 0.6) is 0 Å². The molecule has 1 atom stereocenters. The van der Waals surface area contributed by atoms with E-state index in [2.05, 4.69) is 20.3 Å². The summed E-state index contributed by atoms with van der Waals surface area (Å²) in [6.45, 7) is 1.64. The van der Waals surface area contributed by atoms with Gasteiger partial charge in [0, 0.05) is 19.5 Å². The third-order valence-corrected chi connectivity index (χ3v) is 4.34. The Hall–Kier alpha value is -2.91. The molecule has 1 aromatic heterocycles. The monoisotopic (exact) mass is 382 g/mol. The maximum absolute atomic E-state index is 13.1. The molecule has 1 fully saturated rings. The van der Waals surface area contributed by atoms with Crippen molar-refractivity contribution in [2.24, 2.45) is 0 Å². The second-order valence-electron chi connectivity index (χ2n) is 6.37. The summed E-state index contributed by atoms with van der Waals surface area (Å²) in [5, 5.41) is 9.90. The maximum atomic E-state index is 13.1. The molecule has 0 unspecified atom stereocenters. The third kappa shape index (κ3) is 4.44. The molecule has 10 heteroatoms. The average Bonchev–Trinajstić information content (AvgIpc) is 3.13. The zero-order valence-corrected chi connectivity index (χ0v) is 14.4. The van der Waals surface area contributed by atoms with Crippen molar-refractivity contribution < 1.29 is 27.4 Å². The van der Waals surface area contributed by atoms with E-state index in [0.717, 1.165) is 6.07 Å². The molecule has 2 heterocycles. The molecule has 1 aliphatic heterocycles. The van der Waals surface area contributed by atoms with Crippen molar-refractivity contribution in [3.05, 3.63) is 46.8 Å². The standard InChI is InChI=1S/C17H17F3N4O3/c1-10-14(23-27-22-10)7-15(25)21-12-6-16(26)24(9-12)8-11-4-2-3-5-13(11)17(18,19)20/h2-5,12H,6-9H2,1H3,(H,21,25)/t12-/m0/s1. The zero-order valence-electron chi connectivity index (χ0n) is 14.4. The Bertz CT molecular complexity index is 850. The first-order valence-electron chi connectivity index (χ1n) is 8.24. The fourth-order valence-corrected chi connectivity index (χ4v) is 3.00. The van der Waals surface area contributed by atoms with E-state index in [1.54, 1.807) is 6.92 Å². The SMILES string of the molecule is Cc1nonc1CC(=O)N[C@H]1CC(=O)N(Cc2ccccc2C(F)(F)F)C1. The molecule has 27 heavy (non-hydrogen) atoms. The smallest absolute Gasteiger partial charge is 0.351 e. The van der Waals surface area contributed by atoms with E-state index in [1.165, 1.54) is 23.1 Å². The molecule has 0 radical (unpaired) electrons. The van der Waals surface area contributed by atoms with Gasteiger partial charge in [-0.3, -0.25) is 9.59 Å². The summed E-state index contributed by atoms with van der Waals surface area (Å²) in [5.74, 6) is -0.666. The summed E-state index contributed by atoms with van der Waals surface area (Å²) in [6.07, 6.45) is -4.50. The van der Waals surface area contributed by atoms with Crippen molar-refractivity contribution in [1.82, 2.24) is 20.5 Å². The molecule has 2 aromatic rings. The number of halogens is 3. The highest BCUT2D eigenvalue weighted by Gasteiger charge is 2.36. The zero-order chi connectivity index (χ0) is 19.6. The van der Waals surface area contributed by atoms with Gasteiger partial charge in [-0.2, -0.15) is 13.2 Å². The van der Waals surface area contributed by atoms with Crippen LogP contribution in [0.1, 0.15) is 28.9 Å². The minimum atomic E-state index is -4.49. The van der Waals surface area contributed by atoms with Gasteiger partial charge in [-0.25, -0.2) is 4.63 Å². The second kappa shape index (κ2) is 7.37. The molecule has 0 bridgehead atoms. The summed E-state index contributed by atoms with van der Waals surface area (Å²) >= 11 is 0. The summed E-state index contributed by atoms with van der Waals surface area (Å²) in [6, 6.07) is 4.68. The van der Waals surface area contributed by atoms with Gasteiger partial charge in [0.15, 0.2) is 0 Å². The fourth-order valence-electron chi connectivity index (χ4n) is 3.00. The van der Waals surface area contributed by atoms with Crippen LogP contribution in [0.3, 0.4) is 0 Å². The van der Waals surface area contributed by atoms with Crippen LogP contribution in [0, 0.1) is 6.92 Å². The van der Waals surface area contributed by atoms with E-state index in [-0.39, 0.29) is 43.3 Å². The molecule has 1 N–H and O–H groups in total. The quantitative estimate of drug-likeness (QED) is 0.853. The van der Waals surface area contributed by atoms with Crippen molar-refractivity contribution in [2.45, 2.75) is 38.5 Å². The van der Waals surface area contributed by atoms with E-state index in [4.69, 9.17) is 0 Å². The topological polar surface area (TPSA) is 88.3 Å². The number of carbonyl (C=O) groups is 2. The summed E-state index contributed by atoms with van der Waals surface area (Å²) < 4.78 is 43.8. The Morgan fingerprint density at radius 3 is 2.74 bits per heavy atom. The summed E-state index contributed by atoms with van der Waals surface area (Å²) in [7, 11) is 0. The van der Waals surface area contributed by atoms with Crippen molar-refractivity contribution in [3.8, 4) is 0 Å². The van der Waals surface area contributed by atoms with Crippen LogP contribution >= 0.6 is 0 Å². The van der Waals surface area contributed by atoms with E-state index < -0.39 is 17.8 Å². The lowest BCUT2D eigenvalue weighted by atomic mass is 10.1. The van der Waals surface area contributed by atoms with Crippen LogP contribution in [-0.2, 0) is 28.7 Å². The Morgan fingerprint density at radius 1 is 1.33 bits per heavy atom. The van der Waals surface area contributed by atoms with Gasteiger partial charge in [-0.05, 0) is 18.6 Å². The van der Waals surface area contributed by atoms with Gasteiger partial charge >= 0.3 is 6.18 Å². The minimum absolute atomic E-state index is 0.0228. The lowest BCUT2D eigenvalue weighted by Gasteiger charge is -2.20. The minimum Gasteiger partial charge on any atom is -0.351 e. The predicted octanol–water partition coefficient (Wildman–Crippen LogP) is 1.86.